The zero-order valence-corrected chi connectivity index (χ0v) is 18.8. The molecule has 0 aromatic heterocycles. The van der Waals surface area contributed by atoms with Crippen molar-refractivity contribution >= 4 is 17.7 Å². The fourth-order valence-corrected chi connectivity index (χ4v) is 5.24. The normalized spacial score (nSPS) is 25.4. The maximum Gasteiger partial charge on any atom is 0.410 e. The molecule has 1 aliphatic carbocycles. The maximum absolute atomic E-state index is 13.3. The van der Waals surface area contributed by atoms with Crippen LogP contribution < -0.4 is 5.43 Å². The molecule has 0 bridgehead atoms. The van der Waals surface area contributed by atoms with Crippen molar-refractivity contribution < 1.29 is 14.6 Å². The number of hydrazine groups is 1. The van der Waals surface area contributed by atoms with Gasteiger partial charge in [0.25, 0.3) is 0 Å². The molecule has 2 N–H and O–H groups in total. The van der Waals surface area contributed by atoms with Crippen LogP contribution in [0.3, 0.4) is 0 Å². The van der Waals surface area contributed by atoms with Crippen LogP contribution >= 0.6 is 11.6 Å². The zero-order valence-electron chi connectivity index (χ0n) is 18.0. The number of hydrogen-bond acceptors (Lipinski definition) is 5. The highest BCUT2D eigenvalue weighted by Crippen LogP contribution is 2.52. The van der Waals surface area contributed by atoms with Crippen LogP contribution in [0, 0.1) is 0 Å². The summed E-state index contributed by atoms with van der Waals surface area (Å²) in [7, 11) is 0. The highest BCUT2D eigenvalue weighted by Gasteiger charge is 2.56. The van der Waals surface area contributed by atoms with Crippen LogP contribution in [0.15, 0.2) is 36.0 Å². The first-order chi connectivity index (χ1) is 14.2. The monoisotopic (exact) mass is 433 g/mol. The molecule has 1 saturated heterocycles. The average Bonchev–Trinajstić information content (AvgIpc) is 3.04. The molecule has 30 heavy (non-hydrogen) atoms. The summed E-state index contributed by atoms with van der Waals surface area (Å²) >= 11 is 6.17. The topological polar surface area (TPSA) is 65.0 Å². The van der Waals surface area contributed by atoms with E-state index in [0.29, 0.717) is 13.1 Å². The smallest absolute Gasteiger partial charge is 0.410 e. The Morgan fingerprint density at radius 2 is 2.00 bits per heavy atom. The summed E-state index contributed by atoms with van der Waals surface area (Å²) in [6, 6.07) is 8.03. The number of benzene rings is 1. The van der Waals surface area contributed by atoms with E-state index in [4.69, 9.17) is 16.3 Å². The molecule has 1 saturated carbocycles. The van der Waals surface area contributed by atoms with Crippen LogP contribution in [0.1, 0.15) is 52.0 Å². The number of hydrogen-bond donors (Lipinski definition) is 2. The first-order valence-electron chi connectivity index (χ1n) is 10.8. The number of carbonyl (C=O) groups excluding carboxylic acids is 1. The van der Waals surface area contributed by atoms with E-state index in [-0.39, 0.29) is 30.2 Å². The molecule has 2 aliphatic heterocycles. The summed E-state index contributed by atoms with van der Waals surface area (Å²) in [5.74, 6) is 0. The van der Waals surface area contributed by atoms with Gasteiger partial charge >= 0.3 is 6.09 Å². The molecule has 0 radical (unpaired) electrons. The number of carbonyl (C=O) groups is 1. The summed E-state index contributed by atoms with van der Waals surface area (Å²) in [5.41, 5.74) is 5.37. The fraction of sp³-hybridized carbons (Fsp3) is 0.609. The van der Waals surface area contributed by atoms with Crippen LogP contribution in [0.5, 0.6) is 0 Å². The highest BCUT2D eigenvalue weighted by atomic mass is 35.5. The van der Waals surface area contributed by atoms with Gasteiger partial charge in [0.1, 0.15) is 5.60 Å². The van der Waals surface area contributed by atoms with E-state index in [1.165, 1.54) is 11.1 Å². The van der Waals surface area contributed by atoms with Crippen molar-refractivity contribution in [2.45, 2.75) is 69.6 Å². The molecule has 1 amide bonds. The lowest BCUT2D eigenvalue weighted by molar-refractivity contribution is -0.0196. The highest BCUT2D eigenvalue weighted by molar-refractivity contribution is 6.30. The number of aliphatic hydroxyl groups excluding tert-OH is 1. The minimum absolute atomic E-state index is 0.00814. The number of ether oxygens (including phenoxy) is 1. The number of aliphatic hydroxyl groups is 1. The second kappa shape index (κ2) is 8.06. The molecule has 4 rings (SSSR count). The van der Waals surface area contributed by atoms with Gasteiger partial charge in [-0.15, -0.1) is 0 Å². The lowest BCUT2D eigenvalue weighted by Crippen LogP contribution is -2.67. The van der Waals surface area contributed by atoms with E-state index < -0.39 is 5.60 Å². The van der Waals surface area contributed by atoms with Crippen LogP contribution in [0.4, 0.5) is 4.79 Å². The minimum atomic E-state index is -0.545. The number of fused-ring (bicyclic) bond motifs is 1. The van der Waals surface area contributed by atoms with Gasteiger partial charge in [-0.1, -0.05) is 30.2 Å². The van der Waals surface area contributed by atoms with Crippen molar-refractivity contribution in [1.29, 1.82) is 0 Å². The molecule has 2 unspecified atom stereocenters. The number of nitrogens with one attached hydrogen (secondary N) is 1. The van der Waals surface area contributed by atoms with Crippen LogP contribution in [-0.2, 0) is 10.2 Å². The van der Waals surface area contributed by atoms with Crippen LogP contribution in [-0.4, -0.2) is 58.5 Å². The van der Waals surface area contributed by atoms with Crippen molar-refractivity contribution in [3.8, 4) is 0 Å². The van der Waals surface area contributed by atoms with Crippen molar-refractivity contribution in [3.63, 3.8) is 0 Å². The summed E-state index contributed by atoms with van der Waals surface area (Å²) in [6.07, 6.45) is 5.82. The largest absolute Gasteiger partial charge is 0.444 e. The predicted octanol–water partition coefficient (Wildman–Crippen LogP) is 3.84. The third-order valence-corrected chi connectivity index (χ3v) is 6.77. The quantitative estimate of drug-likeness (QED) is 0.755. The van der Waals surface area contributed by atoms with Gasteiger partial charge in [-0.25, -0.2) is 10.2 Å². The Bertz CT molecular complexity index is 814. The first kappa shape index (κ1) is 21.5. The van der Waals surface area contributed by atoms with E-state index in [2.05, 4.69) is 23.8 Å². The van der Waals surface area contributed by atoms with Crippen molar-refractivity contribution in [3.05, 3.63) is 46.6 Å². The Morgan fingerprint density at radius 1 is 1.30 bits per heavy atom. The van der Waals surface area contributed by atoms with Crippen LogP contribution in [0.25, 0.3) is 0 Å². The Labute approximate surface area is 183 Å². The third kappa shape index (κ3) is 3.93. The number of β-amino-alcohol motifs (C(OH)–C–C–N with tert-alkyl or cyclic N) is 1. The number of rotatable bonds is 4. The second-order valence-corrected chi connectivity index (χ2v) is 10.0. The summed E-state index contributed by atoms with van der Waals surface area (Å²) in [5, 5.41) is 12.1. The second-order valence-electron chi connectivity index (χ2n) is 9.61. The molecule has 0 spiro atoms. The molecule has 2 fully saturated rings. The number of amides is 1. The number of likely N-dealkylation sites (tertiary alicyclic amines) is 1. The van der Waals surface area contributed by atoms with Gasteiger partial charge < -0.3 is 19.8 Å². The summed E-state index contributed by atoms with van der Waals surface area (Å²) < 4.78 is 5.81. The number of halogens is 1. The van der Waals surface area contributed by atoms with E-state index in [1.807, 2.05) is 42.8 Å². The lowest BCUT2D eigenvalue weighted by atomic mass is 9.57. The Morgan fingerprint density at radius 3 is 2.57 bits per heavy atom. The number of piperidine rings is 1. The standard InChI is InChI=1S/C23H32ClN3O3/c1-22(2,3)30-21(29)27-12-9-16-15-26(13-14-28)25-19(16)20(27)23(10-4-11-23)17-5-7-18(24)8-6-17/h5-8,15,19-20,25,28H,4,9-14H2,1-3H3. The van der Waals surface area contributed by atoms with E-state index in [1.54, 1.807) is 0 Å². The predicted molar refractivity (Wildman–Crippen MR) is 117 cm³/mol. The molecule has 7 heteroatoms. The van der Waals surface area contributed by atoms with Gasteiger partial charge in [-0.05, 0) is 63.3 Å². The molecule has 2 atom stereocenters. The molecule has 6 nitrogen and oxygen atoms in total. The molecule has 3 aliphatic rings. The molecule has 1 aromatic rings. The lowest BCUT2D eigenvalue weighted by Gasteiger charge is -2.56. The third-order valence-electron chi connectivity index (χ3n) is 6.52. The van der Waals surface area contributed by atoms with Crippen LogP contribution in [0.2, 0.25) is 5.02 Å². The van der Waals surface area contributed by atoms with Gasteiger partial charge in [0.15, 0.2) is 0 Å². The van der Waals surface area contributed by atoms with Crippen molar-refractivity contribution in [1.82, 2.24) is 15.3 Å². The average molecular weight is 434 g/mol. The zero-order chi connectivity index (χ0) is 21.5. The Balaban J connectivity index is 1.72. The van der Waals surface area contributed by atoms with E-state index in [0.717, 1.165) is 30.7 Å². The Hall–Kier alpha value is -1.76. The Kier molecular flexibility index (Phi) is 5.77. The SMILES string of the molecule is CC(C)(C)OC(=O)N1CCC2=CN(CCO)NC2C1C1(c2ccc(Cl)cc2)CCC1. The molecular weight excluding hydrogens is 402 g/mol. The maximum atomic E-state index is 13.3. The summed E-state index contributed by atoms with van der Waals surface area (Å²) in [6.45, 7) is 6.95. The summed E-state index contributed by atoms with van der Waals surface area (Å²) in [4.78, 5) is 15.2. The van der Waals surface area contributed by atoms with Crippen molar-refractivity contribution in [2.75, 3.05) is 19.7 Å². The van der Waals surface area contributed by atoms with E-state index in [9.17, 15) is 9.90 Å². The molecule has 164 valence electrons. The number of nitrogens with zero attached hydrogens (tertiary/aromatic N) is 2. The molecular formula is C23H32ClN3O3. The minimum Gasteiger partial charge on any atom is -0.444 e. The first-order valence-corrected chi connectivity index (χ1v) is 11.2. The van der Waals surface area contributed by atoms with Gasteiger partial charge in [0, 0.05) is 23.2 Å². The molecule has 1 aromatic carbocycles. The van der Waals surface area contributed by atoms with Gasteiger partial charge in [-0.3, -0.25) is 0 Å². The van der Waals surface area contributed by atoms with Gasteiger partial charge in [0.05, 0.1) is 25.2 Å². The fourth-order valence-electron chi connectivity index (χ4n) is 5.12. The van der Waals surface area contributed by atoms with Gasteiger partial charge in [-0.2, -0.15) is 0 Å². The van der Waals surface area contributed by atoms with Gasteiger partial charge in [0.2, 0.25) is 0 Å². The van der Waals surface area contributed by atoms with E-state index >= 15 is 0 Å². The molecule has 2 heterocycles. The van der Waals surface area contributed by atoms with Crippen molar-refractivity contribution in [2.24, 2.45) is 0 Å².